The number of hydrogen-bond donors (Lipinski definition) is 0. The first-order valence-electron chi connectivity index (χ1n) is 6.13. The van der Waals surface area contributed by atoms with Gasteiger partial charge in [-0.25, -0.2) is 4.79 Å². The van der Waals surface area contributed by atoms with Gasteiger partial charge in [0.2, 0.25) is 0 Å². The molecule has 0 atom stereocenters. The highest BCUT2D eigenvalue weighted by Crippen LogP contribution is 2.18. The molecule has 0 radical (unpaired) electrons. The lowest BCUT2D eigenvalue weighted by atomic mass is 10.2. The van der Waals surface area contributed by atoms with Crippen LogP contribution in [-0.4, -0.2) is 23.5 Å². The molecule has 0 aliphatic carbocycles. The molecule has 0 saturated carbocycles. The Balaban J connectivity index is 2.43. The van der Waals surface area contributed by atoms with Crippen LogP contribution in [0.1, 0.15) is 26.2 Å². The first-order chi connectivity index (χ1) is 9.52. The van der Waals surface area contributed by atoms with Gasteiger partial charge in [0.25, 0.3) is 5.69 Å². The summed E-state index contributed by atoms with van der Waals surface area (Å²) >= 11 is 0. The predicted octanol–water partition coefficient (Wildman–Crippen LogP) is 2.23. The van der Waals surface area contributed by atoms with Crippen LogP contribution in [0.5, 0.6) is 5.75 Å². The lowest BCUT2D eigenvalue weighted by Crippen LogP contribution is -2.19. The maximum atomic E-state index is 11.3. The number of hydrogen-bond acceptors (Lipinski definition) is 6. The highest BCUT2D eigenvalue weighted by molar-refractivity contribution is 5.86. The van der Waals surface area contributed by atoms with Crippen LogP contribution in [-0.2, 0) is 14.3 Å². The number of nitro benzene ring substituents is 1. The lowest BCUT2D eigenvalue weighted by Gasteiger charge is -2.05. The SMILES string of the molecule is CCCCC(=O)OC(=O)COc1cccc([N+](=O)[O-])c1. The van der Waals surface area contributed by atoms with Gasteiger partial charge in [0.15, 0.2) is 6.61 Å². The Labute approximate surface area is 115 Å². The quantitative estimate of drug-likeness (QED) is 0.329. The van der Waals surface area contributed by atoms with Gasteiger partial charge in [-0.1, -0.05) is 19.4 Å². The molecule has 1 aromatic carbocycles. The van der Waals surface area contributed by atoms with Gasteiger partial charge in [-0.3, -0.25) is 14.9 Å². The summed E-state index contributed by atoms with van der Waals surface area (Å²) in [5.41, 5.74) is -0.144. The number of benzene rings is 1. The van der Waals surface area contributed by atoms with Crippen LogP contribution in [0.4, 0.5) is 5.69 Å². The van der Waals surface area contributed by atoms with Gasteiger partial charge >= 0.3 is 11.9 Å². The average molecular weight is 281 g/mol. The normalized spacial score (nSPS) is 9.85. The number of non-ortho nitro benzene ring substituents is 1. The molecule has 1 rings (SSSR count). The number of nitro groups is 1. The fraction of sp³-hybridized carbons (Fsp3) is 0.385. The number of esters is 2. The zero-order valence-electron chi connectivity index (χ0n) is 11.0. The molecule has 0 aliphatic heterocycles. The molecular formula is C13H15NO6. The van der Waals surface area contributed by atoms with Crippen molar-refractivity contribution in [3.8, 4) is 5.75 Å². The van der Waals surface area contributed by atoms with Crippen LogP contribution in [0.3, 0.4) is 0 Å². The minimum Gasteiger partial charge on any atom is -0.482 e. The summed E-state index contributed by atoms with van der Waals surface area (Å²) in [6.07, 6.45) is 1.66. The van der Waals surface area contributed by atoms with Crippen LogP contribution >= 0.6 is 0 Å². The van der Waals surface area contributed by atoms with Crippen molar-refractivity contribution in [2.24, 2.45) is 0 Å². The smallest absolute Gasteiger partial charge is 0.351 e. The number of carbonyl (C=O) groups excluding carboxylic acids is 2. The van der Waals surface area contributed by atoms with E-state index in [9.17, 15) is 19.7 Å². The van der Waals surface area contributed by atoms with Crippen molar-refractivity contribution >= 4 is 17.6 Å². The molecule has 0 heterocycles. The van der Waals surface area contributed by atoms with E-state index in [1.54, 1.807) is 0 Å². The second kappa shape index (κ2) is 7.88. The summed E-state index contributed by atoms with van der Waals surface area (Å²) in [6, 6.07) is 5.40. The summed E-state index contributed by atoms with van der Waals surface area (Å²) in [6.45, 7) is 1.44. The molecule has 0 saturated heterocycles. The molecule has 0 aromatic heterocycles. The van der Waals surface area contributed by atoms with Crippen LogP contribution in [0, 0.1) is 10.1 Å². The second-order valence-electron chi connectivity index (χ2n) is 3.99. The molecule has 7 nitrogen and oxygen atoms in total. The maximum Gasteiger partial charge on any atom is 0.351 e. The van der Waals surface area contributed by atoms with E-state index in [1.165, 1.54) is 24.3 Å². The first-order valence-corrected chi connectivity index (χ1v) is 6.13. The summed E-state index contributed by atoms with van der Waals surface area (Å²) in [5.74, 6) is -1.26. The van der Waals surface area contributed by atoms with Crippen LogP contribution in [0.2, 0.25) is 0 Å². The Morgan fingerprint density at radius 3 is 2.70 bits per heavy atom. The van der Waals surface area contributed by atoms with Gasteiger partial charge in [0.1, 0.15) is 5.75 Å². The molecule has 0 aliphatic rings. The van der Waals surface area contributed by atoms with Gasteiger partial charge < -0.3 is 9.47 Å². The van der Waals surface area contributed by atoms with Crippen molar-refractivity contribution in [2.45, 2.75) is 26.2 Å². The van der Waals surface area contributed by atoms with Crippen molar-refractivity contribution in [1.82, 2.24) is 0 Å². The van der Waals surface area contributed by atoms with Gasteiger partial charge in [-0.15, -0.1) is 0 Å². The monoisotopic (exact) mass is 281 g/mol. The van der Waals surface area contributed by atoms with Gasteiger partial charge in [0, 0.05) is 12.5 Å². The van der Waals surface area contributed by atoms with Gasteiger partial charge in [-0.2, -0.15) is 0 Å². The minimum atomic E-state index is -0.822. The Morgan fingerprint density at radius 1 is 1.30 bits per heavy atom. The third kappa shape index (κ3) is 5.47. The number of carbonyl (C=O) groups is 2. The van der Waals surface area contributed by atoms with Gasteiger partial charge in [-0.05, 0) is 12.5 Å². The number of unbranched alkanes of at least 4 members (excludes halogenated alkanes) is 1. The number of ether oxygens (including phenoxy) is 2. The first kappa shape index (κ1) is 15.6. The average Bonchev–Trinajstić information content (AvgIpc) is 2.43. The van der Waals surface area contributed by atoms with E-state index in [-0.39, 0.29) is 17.9 Å². The maximum absolute atomic E-state index is 11.3. The highest BCUT2D eigenvalue weighted by Gasteiger charge is 2.12. The third-order valence-electron chi connectivity index (χ3n) is 2.35. The minimum absolute atomic E-state index is 0.144. The summed E-state index contributed by atoms with van der Waals surface area (Å²) in [5, 5.41) is 10.6. The molecule has 0 unspecified atom stereocenters. The van der Waals surface area contributed by atoms with E-state index in [2.05, 4.69) is 4.74 Å². The van der Waals surface area contributed by atoms with Crippen molar-refractivity contribution in [1.29, 1.82) is 0 Å². The zero-order valence-corrected chi connectivity index (χ0v) is 11.0. The Kier molecular flexibility index (Phi) is 6.15. The second-order valence-corrected chi connectivity index (χ2v) is 3.99. The molecule has 1 aromatic rings. The largest absolute Gasteiger partial charge is 0.482 e. The fourth-order valence-electron chi connectivity index (χ4n) is 1.36. The van der Waals surface area contributed by atoms with Crippen LogP contribution in [0.25, 0.3) is 0 Å². The van der Waals surface area contributed by atoms with E-state index >= 15 is 0 Å². The molecule has 0 fully saturated rings. The van der Waals surface area contributed by atoms with Gasteiger partial charge in [0.05, 0.1) is 11.0 Å². The van der Waals surface area contributed by atoms with Crippen molar-refractivity contribution in [3.05, 3.63) is 34.4 Å². The zero-order chi connectivity index (χ0) is 15.0. The molecular weight excluding hydrogens is 266 g/mol. The Hall–Kier alpha value is -2.44. The highest BCUT2D eigenvalue weighted by atomic mass is 16.6. The van der Waals surface area contributed by atoms with E-state index in [0.717, 1.165) is 6.42 Å². The molecule has 0 spiro atoms. The van der Waals surface area contributed by atoms with Crippen molar-refractivity contribution in [3.63, 3.8) is 0 Å². The summed E-state index contributed by atoms with van der Waals surface area (Å²) < 4.78 is 9.55. The Bertz CT molecular complexity index is 499. The van der Waals surface area contributed by atoms with E-state index in [1.807, 2.05) is 6.92 Å². The van der Waals surface area contributed by atoms with E-state index in [4.69, 9.17) is 4.74 Å². The van der Waals surface area contributed by atoms with E-state index < -0.39 is 23.5 Å². The third-order valence-corrected chi connectivity index (χ3v) is 2.35. The molecule has 108 valence electrons. The molecule has 20 heavy (non-hydrogen) atoms. The Morgan fingerprint density at radius 2 is 2.05 bits per heavy atom. The fourth-order valence-corrected chi connectivity index (χ4v) is 1.36. The van der Waals surface area contributed by atoms with Crippen LogP contribution < -0.4 is 4.74 Å². The molecule has 7 heteroatoms. The molecule has 0 bridgehead atoms. The van der Waals surface area contributed by atoms with Crippen molar-refractivity contribution < 1.29 is 24.0 Å². The van der Waals surface area contributed by atoms with Crippen molar-refractivity contribution in [2.75, 3.05) is 6.61 Å². The topological polar surface area (TPSA) is 95.7 Å². The molecule has 0 N–H and O–H groups in total. The van der Waals surface area contributed by atoms with E-state index in [0.29, 0.717) is 6.42 Å². The standard InChI is InChI=1S/C13H15NO6/c1-2-3-7-12(15)20-13(16)9-19-11-6-4-5-10(8-11)14(17)18/h4-6,8H,2-3,7,9H2,1H3. The predicted molar refractivity (Wildman–Crippen MR) is 69.2 cm³/mol. The molecule has 0 amide bonds. The lowest BCUT2D eigenvalue weighted by molar-refractivity contribution is -0.384. The summed E-state index contributed by atoms with van der Waals surface area (Å²) in [7, 11) is 0. The summed E-state index contributed by atoms with van der Waals surface area (Å²) in [4.78, 5) is 32.5. The number of rotatable bonds is 7. The van der Waals surface area contributed by atoms with Crippen LogP contribution in [0.15, 0.2) is 24.3 Å². The number of nitrogens with zero attached hydrogens (tertiary/aromatic N) is 1.